The van der Waals surface area contributed by atoms with Gasteiger partial charge in [-0.05, 0) is 6.42 Å². The smallest absolute Gasteiger partial charge is 0.0594 e. The van der Waals surface area contributed by atoms with Gasteiger partial charge in [0.25, 0.3) is 0 Å². The molecule has 2 rings (SSSR count). The van der Waals surface area contributed by atoms with E-state index >= 15 is 0 Å². The third-order valence-corrected chi connectivity index (χ3v) is 3.26. The van der Waals surface area contributed by atoms with Crippen molar-refractivity contribution in [2.45, 2.75) is 6.42 Å². The van der Waals surface area contributed by atoms with Crippen LogP contribution in [-0.4, -0.2) is 98.9 Å². The van der Waals surface area contributed by atoms with Crippen molar-refractivity contribution in [2.75, 3.05) is 78.9 Å². The van der Waals surface area contributed by atoms with Crippen LogP contribution in [-0.2, 0) is 9.47 Å². The number of aliphatic hydroxyl groups is 2. The minimum Gasteiger partial charge on any atom is -0.396 e. The van der Waals surface area contributed by atoms with Crippen LogP contribution in [0.15, 0.2) is 0 Å². The molecule has 0 aromatic rings. The van der Waals surface area contributed by atoms with E-state index in [-0.39, 0.29) is 6.61 Å². The molecule has 2 N–H and O–H groups in total. The van der Waals surface area contributed by atoms with Gasteiger partial charge in [0.1, 0.15) is 0 Å². The summed E-state index contributed by atoms with van der Waals surface area (Å²) in [5, 5.41) is 17.1. The van der Waals surface area contributed by atoms with Crippen LogP contribution in [0.4, 0.5) is 0 Å². The van der Waals surface area contributed by atoms with E-state index in [2.05, 4.69) is 9.80 Å². The molecule has 2 aliphatic rings. The molecule has 6 heteroatoms. The molecule has 0 unspecified atom stereocenters. The lowest BCUT2D eigenvalue weighted by Gasteiger charge is -2.25. The molecule has 0 aliphatic carbocycles. The van der Waals surface area contributed by atoms with Crippen LogP contribution in [0.1, 0.15) is 6.42 Å². The van der Waals surface area contributed by atoms with Crippen molar-refractivity contribution < 1.29 is 19.7 Å². The maximum absolute atomic E-state index is 8.54. The van der Waals surface area contributed by atoms with Gasteiger partial charge in [-0.3, -0.25) is 9.80 Å². The highest BCUT2D eigenvalue weighted by atomic mass is 16.5. The molecule has 0 aromatic carbocycles. The number of morpholine rings is 2. The monoisotopic (exact) mass is 276 g/mol. The lowest BCUT2D eigenvalue weighted by atomic mass is 10.3. The van der Waals surface area contributed by atoms with Crippen molar-refractivity contribution in [3.63, 3.8) is 0 Å². The Morgan fingerprint density at radius 2 is 1.16 bits per heavy atom. The Hall–Kier alpha value is -0.240. The number of hydrogen-bond acceptors (Lipinski definition) is 6. The molecule has 2 aliphatic heterocycles. The number of β-amino-alcohol motifs (C(OH)–C–C–N with tert-alkyl or cyclic N) is 1. The van der Waals surface area contributed by atoms with Crippen molar-refractivity contribution in [1.29, 1.82) is 0 Å². The van der Waals surface area contributed by atoms with Crippen molar-refractivity contribution in [2.24, 2.45) is 0 Å². The first-order chi connectivity index (χ1) is 9.36. The molecule has 0 atom stereocenters. The summed E-state index contributed by atoms with van der Waals surface area (Å²) in [6.07, 6.45) is 0.889. The summed E-state index contributed by atoms with van der Waals surface area (Å²) >= 11 is 0. The number of nitrogens with zero attached hydrogens (tertiary/aromatic N) is 2. The Labute approximate surface area is 115 Å². The number of hydrogen-bond donors (Lipinski definition) is 2. The van der Waals surface area contributed by atoms with E-state index in [1.54, 1.807) is 0 Å². The van der Waals surface area contributed by atoms with E-state index in [1.165, 1.54) is 0 Å². The van der Waals surface area contributed by atoms with Gasteiger partial charge in [0.15, 0.2) is 0 Å². The molecule has 2 heterocycles. The lowest BCUT2D eigenvalue weighted by Crippen LogP contribution is -2.37. The zero-order chi connectivity index (χ0) is 13.8. The van der Waals surface area contributed by atoms with E-state index in [0.29, 0.717) is 6.61 Å². The number of ether oxygens (including phenoxy) is 2. The van der Waals surface area contributed by atoms with Gasteiger partial charge < -0.3 is 19.7 Å². The first-order valence-electron chi connectivity index (χ1n) is 7.18. The van der Waals surface area contributed by atoms with Crippen LogP contribution in [0.2, 0.25) is 0 Å². The predicted molar refractivity (Wildman–Crippen MR) is 73.3 cm³/mol. The number of aliphatic hydroxyl groups excluding tert-OH is 2. The lowest BCUT2D eigenvalue weighted by molar-refractivity contribution is 0.0306. The Balaban J connectivity index is 0.000000191. The molecule has 19 heavy (non-hydrogen) atoms. The Bertz CT molecular complexity index is 192. The van der Waals surface area contributed by atoms with Crippen molar-refractivity contribution in [1.82, 2.24) is 9.80 Å². The third kappa shape index (κ3) is 8.52. The Kier molecular flexibility index (Phi) is 10.2. The van der Waals surface area contributed by atoms with Crippen molar-refractivity contribution >= 4 is 0 Å². The summed E-state index contributed by atoms with van der Waals surface area (Å²) < 4.78 is 10.3. The first kappa shape index (κ1) is 16.8. The van der Waals surface area contributed by atoms with Gasteiger partial charge in [0.2, 0.25) is 0 Å². The van der Waals surface area contributed by atoms with Crippen LogP contribution in [0.5, 0.6) is 0 Å². The van der Waals surface area contributed by atoms with Gasteiger partial charge in [-0.1, -0.05) is 0 Å². The maximum atomic E-state index is 8.54. The molecular weight excluding hydrogens is 248 g/mol. The van der Waals surface area contributed by atoms with Crippen LogP contribution in [0.25, 0.3) is 0 Å². The highest BCUT2D eigenvalue weighted by Gasteiger charge is 2.08. The fraction of sp³-hybridized carbons (Fsp3) is 1.00. The second kappa shape index (κ2) is 11.6. The zero-order valence-corrected chi connectivity index (χ0v) is 11.8. The molecular formula is C13H28N2O4. The molecule has 0 bridgehead atoms. The second-order valence-corrected chi connectivity index (χ2v) is 4.71. The van der Waals surface area contributed by atoms with E-state index < -0.39 is 0 Å². The topological polar surface area (TPSA) is 65.4 Å². The molecule has 0 spiro atoms. The van der Waals surface area contributed by atoms with E-state index in [9.17, 15) is 0 Å². The molecule has 0 amide bonds. The largest absolute Gasteiger partial charge is 0.396 e. The fourth-order valence-electron chi connectivity index (χ4n) is 2.09. The van der Waals surface area contributed by atoms with E-state index in [1.807, 2.05) is 0 Å². The SMILES string of the molecule is OCCCN1CCOCC1.OCCN1CCOCC1. The average Bonchev–Trinajstić information content (AvgIpc) is 2.48. The molecule has 6 nitrogen and oxygen atoms in total. The highest BCUT2D eigenvalue weighted by Crippen LogP contribution is 1.96. The van der Waals surface area contributed by atoms with Crippen LogP contribution >= 0.6 is 0 Å². The fourth-order valence-corrected chi connectivity index (χ4v) is 2.09. The van der Waals surface area contributed by atoms with Gasteiger partial charge in [-0.2, -0.15) is 0 Å². The van der Waals surface area contributed by atoms with Gasteiger partial charge in [-0.15, -0.1) is 0 Å². The quantitative estimate of drug-likeness (QED) is 0.672. The standard InChI is InChI=1S/C7H15NO2.C6H13NO2/c9-5-1-2-8-3-6-10-7-4-8;8-4-1-7-2-5-9-6-3-7/h9H,1-7H2;8H,1-6H2. The second-order valence-electron chi connectivity index (χ2n) is 4.71. The normalized spacial score (nSPS) is 21.8. The van der Waals surface area contributed by atoms with Crippen molar-refractivity contribution in [3.05, 3.63) is 0 Å². The highest BCUT2D eigenvalue weighted by molar-refractivity contribution is 4.61. The van der Waals surface area contributed by atoms with Gasteiger partial charge in [0, 0.05) is 45.9 Å². The summed E-state index contributed by atoms with van der Waals surface area (Å²) in [6, 6.07) is 0. The maximum Gasteiger partial charge on any atom is 0.0594 e. The molecule has 114 valence electrons. The summed E-state index contributed by atoms with van der Waals surface area (Å²) in [7, 11) is 0. The average molecular weight is 276 g/mol. The van der Waals surface area contributed by atoms with Gasteiger partial charge >= 0.3 is 0 Å². The predicted octanol–water partition coefficient (Wildman–Crippen LogP) is -0.988. The molecule has 2 saturated heterocycles. The summed E-state index contributed by atoms with van der Waals surface area (Å²) in [4.78, 5) is 4.52. The van der Waals surface area contributed by atoms with E-state index in [0.717, 1.165) is 72.1 Å². The third-order valence-electron chi connectivity index (χ3n) is 3.26. The summed E-state index contributed by atoms with van der Waals surface area (Å²) in [6.45, 7) is 9.72. The summed E-state index contributed by atoms with van der Waals surface area (Å²) in [5.41, 5.74) is 0. The Morgan fingerprint density at radius 1 is 0.684 bits per heavy atom. The van der Waals surface area contributed by atoms with E-state index in [4.69, 9.17) is 19.7 Å². The van der Waals surface area contributed by atoms with Crippen molar-refractivity contribution in [3.8, 4) is 0 Å². The van der Waals surface area contributed by atoms with Crippen LogP contribution in [0, 0.1) is 0 Å². The summed E-state index contributed by atoms with van der Waals surface area (Å²) in [5.74, 6) is 0. The zero-order valence-electron chi connectivity index (χ0n) is 11.8. The molecule has 0 radical (unpaired) electrons. The molecule has 0 saturated carbocycles. The molecule has 2 fully saturated rings. The van der Waals surface area contributed by atoms with Crippen LogP contribution in [0.3, 0.4) is 0 Å². The first-order valence-corrected chi connectivity index (χ1v) is 7.18. The Morgan fingerprint density at radius 3 is 1.58 bits per heavy atom. The minimum atomic E-state index is 0.264. The minimum absolute atomic E-state index is 0.264. The molecule has 0 aromatic heterocycles. The van der Waals surface area contributed by atoms with Gasteiger partial charge in [-0.25, -0.2) is 0 Å². The van der Waals surface area contributed by atoms with Crippen LogP contribution < -0.4 is 0 Å². The number of rotatable bonds is 5. The van der Waals surface area contributed by atoms with Gasteiger partial charge in [0.05, 0.1) is 33.0 Å².